The zero-order chi connectivity index (χ0) is 15.2. The summed E-state index contributed by atoms with van der Waals surface area (Å²) in [6.07, 6.45) is 5.47. The van der Waals surface area contributed by atoms with Crippen LogP contribution in [0.1, 0.15) is 22.2 Å². The molecule has 3 N–H and O–H groups in total. The van der Waals surface area contributed by atoms with Crippen molar-refractivity contribution in [2.24, 2.45) is 0 Å². The molecular weight excluding hydrogens is 306 g/mol. The molecule has 0 aliphatic rings. The first kappa shape index (κ1) is 15.7. The molecule has 0 fully saturated rings. The van der Waals surface area contributed by atoms with E-state index in [-0.39, 0.29) is 5.97 Å². The fourth-order valence-electron chi connectivity index (χ4n) is 1.78. The molecule has 2 aromatic rings. The Morgan fingerprint density at radius 1 is 1.57 bits per heavy atom. The molecule has 7 heteroatoms. The predicted octanol–water partition coefficient (Wildman–Crippen LogP) is 3.24. The molecule has 0 atom stereocenters. The van der Waals surface area contributed by atoms with Crippen molar-refractivity contribution in [1.29, 1.82) is 0 Å². The molecule has 0 bridgehead atoms. The normalized spacial score (nSPS) is 10.4. The van der Waals surface area contributed by atoms with Gasteiger partial charge in [-0.05, 0) is 24.8 Å². The van der Waals surface area contributed by atoms with Crippen molar-refractivity contribution in [3.8, 4) is 0 Å². The van der Waals surface area contributed by atoms with Gasteiger partial charge in [-0.2, -0.15) is 0 Å². The molecule has 0 radical (unpaired) electrons. The van der Waals surface area contributed by atoms with E-state index in [0.717, 1.165) is 15.5 Å². The van der Waals surface area contributed by atoms with E-state index in [1.54, 1.807) is 19.3 Å². The Labute approximate surface area is 131 Å². The number of rotatable bonds is 6. The number of thioether (sulfide) groups is 1. The fraction of sp³-hybridized carbons (Fsp3) is 0.286. The van der Waals surface area contributed by atoms with Crippen molar-refractivity contribution >= 4 is 39.8 Å². The van der Waals surface area contributed by atoms with E-state index in [1.165, 1.54) is 23.1 Å². The highest BCUT2D eigenvalue weighted by molar-refractivity contribution is 7.99. The van der Waals surface area contributed by atoms with Gasteiger partial charge in [-0.1, -0.05) is 6.07 Å². The third kappa shape index (κ3) is 3.68. The number of nitrogens with two attached hydrogens (primary N) is 1. The highest BCUT2D eigenvalue weighted by Crippen LogP contribution is 2.42. The Morgan fingerprint density at radius 3 is 3.00 bits per heavy atom. The molecule has 5 nitrogen and oxygen atoms in total. The summed E-state index contributed by atoms with van der Waals surface area (Å²) in [5, 5.41) is 4.19. The monoisotopic (exact) mass is 323 g/mol. The highest BCUT2D eigenvalue weighted by Gasteiger charge is 2.21. The minimum atomic E-state index is -0.371. The number of ether oxygens (including phenoxy) is 1. The van der Waals surface area contributed by atoms with Gasteiger partial charge in [-0.15, -0.1) is 23.1 Å². The van der Waals surface area contributed by atoms with Crippen LogP contribution in [0.4, 0.5) is 10.7 Å². The van der Waals surface area contributed by atoms with Crippen molar-refractivity contribution in [3.05, 3.63) is 35.0 Å². The maximum Gasteiger partial charge on any atom is 0.350 e. The Balaban J connectivity index is 2.19. The lowest BCUT2D eigenvalue weighted by atomic mass is 10.3. The van der Waals surface area contributed by atoms with E-state index in [1.807, 2.05) is 18.4 Å². The van der Waals surface area contributed by atoms with Crippen LogP contribution in [0.3, 0.4) is 0 Å². The van der Waals surface area contributed by atoms with Crippen molar-refractivity contribution in [3.63, 3.8) is 0 Å². The van der Waals surface area contributed by atoms with Crippen molar-refractivity contribution in [2.45, 2.75) is 18.4 Å². The number of aromatic nitrogens is 1. The van der Waals surface area contributed by atoms with Crippen LogP contribution in [0.15, 0.2) is 29.4 Å². The number of nitrogens with zero attached hydrogens (tertiary/aromatic N) is 1. The lowest BCUT2D eigenvalue weighted by Crippen LogP contribution is -2.04. The molecule has 112 valence electrons. The number of thiophene rings is 1. The van der Waals surface area contributed by atoms with E-state index in [2.05, 4.69) is 10.3 Å². The van der Waals surface area contributed by atoms with E-state index in [9.17, 15) is 4.79 Å². The van der Waals surface area contributed by atoms with Gasteiger partial charge in [0.1, 0.15) is 9.88 Å². The van der Waals surface area contributed by atoms with Crippen LogP contribution in [0, 0.1) is 0 Å². The molecule has 21 heavy (non-hydrogen) atoms. The number of hydrogen-bond acceptors (Lipinski definition) is 7. The van der Waals surface area contributed by atoms with Crippen LogP contribution >= 0.6 is 23.1 Å². The average molecular weight is 323 g/mol. The summed E-state index contributed by atoms with van der Waals surface area (Å²) < 4.78 is 5.03. The van der Waals surface area contributed by atoms with E-state index >= 15 is 0 Å². The molecule has 0 aliphatic heterocycles. The zero-order valence-electron chi connectivity index (χ0n) is 11.9. The Kier molecular flexibility index (Phi) is 5.46. The number of carbonyl (C=O) groups is 1. The summed E-state index contributed by atoms with van der Waals surface area (Å²) in [6.45, 7) is 2.74. The number of nitrogen functional groups attached to an aromatic ring is 1. The first-order valence-electron chi connectivity index (χ1n) is 6.43. The van der Waals surface area contributed by atoms with Gasteiger partial charge in [-0.25, -0.2) is 4.79 Å². The molecule has 0 saturated heterocycles. The second kappa shape index (κ2) is 7.33. The topological polar surface area (TPSA) is 77.2 Å². The van der Waals surface area contributed by atoms with Gasteiger partial charge in [0.25, 0.3) is 0 Å². The van der Waals surface area contributed by atoms with Gasteiger partial charge >= 0.3 is 5.97 Å². The number of pyridine rings is 1. The number of hydrogen-bond donors (Lipinski definition) is 2. The molecular formula is C14H17N3O2S2. The molecule has 0 aromatic carbocycles. The van der Waals surface area contributed by atoms with Crippen LogP contribution in [-0.2, 0) is 11.3 Å². The lowest BCUT2D eigenvalue weighted by Gasteiger charge is -2.05. The number of nitrogens with one attached hydrogen (secondary N) is 1. The van der Waals surface area contributed by atoms with Crippen LogP contribution in [0.25, 0.3) is 0 Å². The van der Waals surface area contributed by atoms with Crippen molar-refractivity contribution in [2.75, 3.05) is 23.9 Å². The molecule has 0 amide bonds. The molecule has 0 saturated carbocycles. The van der Waals surface area contributed by atoms with Gasteiger partial charge in [-0.3, -0.25) is 4.98 Å². The van der Waals surface area contributed by atoms with Crippen LogP contribution in [0.5, 0.6) is 0 Å². The zero-order valence-corrected chi connectivity index (χ0v) is 13.5. The van der Waals surface area contributed by atoms with E-state index in [4.69, 9.17) is 10.5 Å². The van der Waals surface area contributed by atoms with E-state index in [0.29, 0.717) is 23.7 Å². The summed E-state index contributed by atoms with van der Waals surface area (Å²) in [7, 11) is 0. The Hall–Kier alpha value is -1.73. The SMILES string of the molecule is CCOC(=O)c1sc(NCc2cccnc2)c(SC)c1N. The molecule has 0 aliphatic carbocycles. The van der Waals surface area contributed by atoms with Crippen LogP contribution < -0.4 is 11.1 Å². The van der Waals surface area contributed by atoms with E-state index < -0.39 is 0 Å². The first-order chi connectivity index (χ1) is 10.2. The first-order valence-corrected chi connectivity index (χ1v) is 8.47. The minimum absolute atomic E-state index is 0.337. The maximum absolute atomic E-state index is 11.9. The summed E-state index contributed by atoms with van der Waals surface area (Å²) >= 11 is 2.84. The van der Waals surface area contributed by atoms with Gasteiger partial charge in [0.2, 0.25) is 0 Å². The van der Waals surface area contributed by atoms with Gasteiger partial charge in [0.15, 0.2) is 0 Å². The Bertz CT molecular complexity index is 614. The molecule has 2 heterocycles. The summed E-state index contributed by atoms with van der Waals surface area (Å²) in [4.78, 5) is 17.3. The largest absolute Gasteiger partial charge is 0.462 e. The van der Waals surface area contributed by atoms with Gasteiger partial charge < -0.3 is 15.8 Å². The quantitative estimate of drug-likeness (QED) is 0.628. The standard InChI is InChI=1S/C14H17N3O2S2/c1-3-19-14(18)12-10(15)11(20-2)13(21-12)17-8-9-5-4-6-16-7-9/h4-7,17H,3,8,15H2,1-2H3. The third-order valence-electron chi connectivity index (χ3n) is 2.74. The smallest absolute Gasteiger partial charge is 0.350 e. The van der Waals surface area contributed by atoms with Crippen molar-refractivity contribution in [1.82, 2.24) is 4.98 Å². The number of carbonyl (C=O) groups excluding carboxylic acids is 1. The summed E-state index contributed by atoms with van der Waals surface area (Å²) in [5.41, 5.74) is 7.60. The molecule has 2 aromatic heterocycles. The minimum Gasteiger partial charge on any atom is -0.462 e. The third-order valence-corrected chi connectivity index (χ3v) is 4.85. The number of anilines is 2. The number of esters is 1. The molecule has 0 spiro atoms. The highest BCUT2D eigenvalue weighted by atomic mass is 32.2. The lowest BCUT2D eigenvalue weighted by molar-refractivity contribution is 0.0533. The predicted molar refractivity (Wildman–Crippen MR) is 88.0 cm³/mol. The second-order valence-electron chi connectivity index (χ2n) is 4.14. The average Bonchev–Trinajstić information content (AvgIpc) is 2.82. The van der Waals surface area contributed by atoms with Gasteiger partial charge in [0, 0.05) is 18.9 Å². The summed E-state index contributed by atoms with van der Waals surface area (Å²) in [5.74, 6) is -0.371. The van der Waals surface area contributed by atoms with Gasteiger partial charge in [0.05, 0.1) is 17.2 Å². The fourth-order valence-corrected chi connectivity index (χ4v) is 3.71. The Morgan fingerprint density at radius 2 is 2.38 bits per heavy atom. The second-order valence-corrected chi connectivity index (χ2v) is 5.98. The summed E-state index contributed by atoms with van der Waals surface area (Å²) in [6, 6.07) is 3.88. The molecule has 2 rings (SSSR count). The van der Waals surface area contributed by atoms with Crippen molar-refractivity contribution < 1.29 is 9.53 Å². The van der Waals surface area contributed by atoms with Crippen LogP contribution in [-0.4, -0.2) is 23.8 Å². The molecule has 0 unspecified atom stereocenters. The van der Waals surface area contributed by atoms with Crippen LogP contribution in [0.2, 0.25) is 0 Å². The maximum atomic E-state index is 11.9.